The minimum atomic E-state index is -0.961. The molecule has 2 N–H and O–H groups in total. The molecule has 1 rings (SSSR count). The molecular formula is C11H18AlO4. The van der Waals surface area contributed by atoms with Crippen LogP contribution in [0.25, 0.3) is 0 Å². The first-order valence-corrected chi connectivity index (χ1v) is 5.51. The van der Waals surface area contributed by atoms with Gasteiger partial charge in [-0.3, -0.25) is 9.59 Å². The molecule has 0 aromatic carbocycles. The highest BCUT2D eigenvalue weighted by Crippen LogP contribution is 2.36. The summed E-state index contributed by atoms with van der Waals surface area (Å²) in [6, 6.07) is 0. The van der Waals surface area contributed by atoms with Gasteiger partial charge in [-0.05, 0) is 25.2 Å². The highest BCUT2D eigenvalue weighted by Gasteiger charge is 2.38. The van der Waals surface area contributed by atoms with Crippen LogP contribution < -0.4 is 0 Å². The number of carboxylic acid groups (broad SMARTS) is 2. The van der Waals surface area contributed by atoms with E-state index in [2.05, 4.69) is 6.92 Å². The van der Waals surface area contributed by atoms with Crippen LogP contribution in [-0.2, 0) is 9.59 Å². The Labute approximate surface area is 106 Å². The van der Waals surface area contributed by atoms with Crippen LogP contribution in [0, 0.1) is 17.8 Å². The van der Waals surface area contributed by atoms with E-state index in [1.54, 1.807) is 0 Å². The molecule has 5 heteroatoms. The summed E-state index contributed by atoms with van der Waals surface area (Å²) in [6.45, 7) is 2.07. The van der Waals surface area contributed by atoms with Crippen LogP contribution >= 0.6 is 0 Å². The first-order valence-electron chi connectivity index (χ1n) is 5.51. The Bertz CT molecular complexity index is 254. The number of hydrogen-bond acceptors (Lipinski definition) is 2. The maximum absolute atomic E-state index is 11.0. The summed E-state index contributed by atoms with van der Waals surface area (Å²) in [5.74, 6) is -2.89. The fourth-order valence-electron chi connectivity index (χ4n) is 2.50. The number of rotatable bonds is 4. The van der Waals surface area contributed by atoms with Crippen molar-refractivity contribution in [3.63, 3.8) is 0 Å². The number of hydrogen-bond donors (Lipinski definition) is 2. The van der Waals surface area contributed by atoms with E-state index in [1.807, 2.05) is 0 Å². The van der Waals surface area contributed by atoms with Crippen molar-refractivity contribution in [3.05, 3.63) is 0 Å². The monoisotopic (exact) mass is 241 g/mol. The van der Waals surface area contributed by atoms with E-state index < -0.39 is 23.8 Å². The molecule has 4 nitrogen and oxygen atoms in total. The largest absolute Gasteiger partial charge is 0.481 e. The quantitative estimate of drug-likeness (QED) is 0.733. The van der Waals surface area contributed by atoms with Gasteiger partial charge >= 0.3 is 11.9 Å². The van der Waals surface area contributed by atoms with Gasteiger partial charge in [-0.25, -0.2) is 0 Å². The van der Waals surface area contributed by atoms with Gasteiger partial charge in [0, 0.05) is 17.4 Å². The fourth-order valence-corrected chi connectivity index (χ4v) is 2.50. The zero-order chi connectivity index (χ0) is 11.4. The third-order valence-corrected chi connectivity index (χ3v) is 3.29. The van der Waals surface area contributed by atoms with Gasteiger partial charge in [-0.2, -0.15) is 0 Å². The average Bonchev–Trinajstić information content (AvgIpc) is 2.17. The lowest BCUT2D eigenvalue weighted by Crippen LogP contribution is -2.35. The predicted octanol–water partition coefficient (Wildman–Crippen LogP) is 1.61. The minimum absolute atomic E-state index is 0. The molecule has 0 aliphatic heterocycles. The molecule has 89 valence electrons. The third kappa shape index (κ3) is 3.80. The van der Waals surface area contributed by atoms with Crippen LogP contribution in [-0.4, -0.2) is 39.5 Å². The number of carbonyl (C=O) groups is 2. The van der Waals surface area contributed by atoms with Crippen molar-refractivity contribution in [1.82, 2.24) is 0 Å². The van der Waals surface area contributed by atoms with Crippen molar-refractivity contribution < 1.29 is 19.8 Å². The lowest BCUT2D eigenvalue weighted by atomic mass is 9.73. The van der Waals surface area contributed by atoms with E-state index in [4.69, 9.17) is 10.2 Å². The maximum Gasteiger partial charge on any atom is 0.307 e. The summed E-state index contributed by atoms with van der Waals surface area (Å²) in [5, 5.41) is 17.9. The lowest BCUT2D eigenvalue weighted by molar-refractivity contribution is -0.156. The van der Waals surface area contributed by atoms with Crippen molar-refractivity contribution in [1.29, 1.82) is 0 Å². The first-order chi connectivity index (χ1) is 7.06. The smallest absolute Gasteiger partial charge is 0.307 e. The van der Waals surface area contributed by atoms with Crippen LogP contribution in [0.1, 0.15) is 39.0 Å². The molecule has 1 aliphatic rings. The van der Waals surface area contributed by atoms with E-state index in [9.17, 15) is 9.59 Å². The van der Waals surface area contributed by atoms with Crippen molar-refractivity contribution in [2.75, 3.05) is 0 Å². The van der Waals surface area contributed by atoms with Gasteiger partial charge < -0.3 is 10.2 Å². The van der Waals surface area contributed by atoms with E-state index in [0.29, 0.717) is 18.8 Å². The summed E-state index contributed by atoms with van der Waals surface area (Å²) in [6.07, 6.45) is 3.94. The Morgan fingerprint density at radius 2 is 1.69 bits per heavy atom. The van der Waals surface area contributed by atoms with Gasteiger partial charge in [-0.1, -0.05) is 19.8 Å². The number of carboxylic acids is 2. The van der Waals surface area contributed by atoms with Crippen LogP contribution in [0.15, 0.2) is 0 Å². The van der Waals surface area contributed by atoms with E-state index in [-0.39, 0.29) is 17.4 Å². The summed E-state index contributed by atoms with van der Waals surface area (Å²) >= 11 is 0. The Morgan fingerprint density at radius 1 is 1.12 bits per heavy atom. The molecule has 3 unspecified atom stereocenters. The molecule has 16 heavy (non-hydrogen) atoms. The predicted molar refractivity (Wildman–Crippen MR) is 60.3 cm³/mol. The van der Waals surface area contributed by atoms with Crippen molar-refractivity contribution in [2.24, 2.45) is 17.8 Å². The summed E-state index contributed by atoms with van der Waals surface area (Å²) in [4.78, 5) is 21.8. The topological polar surface area (TPSA) is 74.6 Å². The van der Waals surface area contributed by atoms with E-state index in [1.165, 1.54) is 0 Å². The highest BCUT2D eigenvalue weighted by molar-refractivity contribution is 5.80. The van der Waals surface area contributed by atoms with Crippen LogP contribution in [0.5, 0.6) is 0 Å². The Morgan fingerprint density at radius 3 is 2.12 bits per heavy atom. The second kappa shape index (κ2) is 6.93. The summed E-state index contributed by atoms with van der Waals surface area (Å²) in [7, 11) is 0. The molecule has 0 amide bonds. The van der Waals surface area contributed by atoms with Crippen molar-refractivity contribution in [2.45, 2.75) is 39.0 Å². The Kier molecular flexibility index (Phi) is 6.70. The van der Waals surface area contributed by atoms with E-state index >= 15 is 0 Å². The van der Waals surface area contributed by atoms with Crippen LogP contribution in [0.4, 0.5) is 0 Å². The molecule has 0 saturated heterocycles. The van der Waals surface area contributed by atoms with Gasteiger partial charge in [0.2, 0.25) is 0 Å². The lowest BCUT2D eigenvalue weighted by Gasteiger charge is -2.31. The summed E-state index contributed by atoms with van der Waals surface area (Å²) < 4.78 is 0. The minimum Gasteiger partial charge on any atom is -0.481 e. The Balaban J connectivity index is 0.00000225. The highest BCUT2D eigenvalue weighted by atomic mass is 27.0. The number of aliphatic carboxylic acids is 2. The van der Waals surface area contributed by atoms with Crippen molar-refractivity contribution in [3.8, 4) is 0 Å². The van der Waals surface area contributed by atoms with E-state index in [0.717, 1.165) is 19.3 Å². The SMILES string of the molecule is CCCC1CCC(C(=O)O)C(C(=O)O)C1.[Al]. The van der Waals surface area contributed by atoms with Crippen LogP contribution in [0.3, 0.4) is 0 Å². The molecule has 0 spiro atoms. The Hall–Kier alpha value is -0.528. The second-order valence-electron chi connectivity index (χ2n) is 4.36. The van der Waals surface area contributed by atoms with Gasteiger partial charge in [0.15, 0.2) is 0 Å². The summed E-state index contributed by atoms with van der Waals surface area (Å²) in [5.41, 5.74) is 0. The first kappa shape index (κ1) is 15.5. The maximum atomic E-state index is 11.0. The molecule has 1 saturated carbocycles. The van der Waals surface area contributed by atoms with Gasteiger partial charge in [-0.15, -0.1) is 0 Å². The normalized spacial score (nSPS) is 29.2. The molecule has 3 atom stereocenters. The third-order valence-electron chi connectivity index (χ3n) is 3.29. The molecule has 1 aliphatic carbocycles. The van der Waals surface area contributed by atoms with Gasteiger partial charge in [0.05, 0.1) is 11.8 Å². The standard InChI is InChI=1S/C11H18O4.Al/c1-2-3-7-4-5-8(10(12)13)9(6-7)11(14)15;/h7-9H,2-6H2,1H3,(H,12,13)(H,14,15);. The molecule has 0 heterocycles. The molecule has 0 aromatic rings. The molecule has 1 fully saturated rings. The molecular weight excluding hydrogens is 223 g/mol. The van der Waals surface area contributed by atoms with Crippen molar-refractivity contribution >= 4 is 29.3 Å². The molecule has 0 aromatic heterocycles. The van der Waals surface area contributed by atoms with Crippen LogP contribution in [0.2, 0.25) is 0 Å². The fraction of sp³-hybridized carbons (Fsp3) is 0.818. The average molecular weight is 241 g/mol. The zero-order valence-corrected chi connectivity index (χ0v) is 10.7. The molecule has 3 radical (unpaired) electrons. The zero-order valence-electron chi connectivity index (χ0n) is 9.56. The second-order valence-corrected chi connectivity index (χ2v) is 4.36. The van der Waals surface area contributed by atoms with Gasteiger partial charge in [0.25, 0.3) is 0 Å². The van der Waals surface area contributed by atoms with Gasteiger partial charge in [0.1, 0.15) is 0 Å². The molecule has 0 bridgehead atoms.